The average Bonchev–Trinajstić information content (AvgIpc) is 2.77. The Hall–Kier alpha value is -2.57. The van der Waals surface area contributed by atoms with Gasteiger partial charge in [-0.1, -0.05) is 39.7 Å². The largest absolute Gasteiger partial charge is 0.493 e. The van der Waals surface area contributed by atoms with Gasteiger partial charge in [-0.2, -0.15) is 0 Å². The number of nitrogens with one attached hydrogen (secondary N) is 1. The van der Waals surface area contributed by atoms with Gasteiger partial charge in [-0.15, -0.1) is 0 Å². The van der Waals surface area contributed by atoms with E-state index in [0.29, 0.717) is 42.9 Å². The van der Waals surface area contributed by atoms with E-state index < -0.39 is 0 Å². The maximum atomic E-state index is 6.05. The molecule has 0 saturated heterocycles. The number of hydrogen-bond acceptors (Lipinski definition) is 5. The Labute approximate surface area is 189 Å². The number of hydrogen-bond donors (Lipinski definition) is 1. The van der Waals surface area contributed by atoms with E-state index in [1.54, 1.807) is 7.11 Å². The lowest BCUT2D eigenvalue weighted by Gasteiger charge is -2.19. The zero-order valence-electron chi connectivity index (χ0n) is 16.4. The smallest absolute Gasteiger partial charge is 0.163 e. The lowest BCUT2D eigenvalue weighted by molar-refractivity contribution is 0.171. The summed E-state index contributed by atoms with van der Waals surface area (Å²) in [6.07, 6.45) is 0. The van der Waals surface area contributed by atoms with Crippen molar-refractivity contribution >= 4 is 33.2 Å². The molecule has 156 valence electrons. The van der Waals surface area contributed by atoms with Crippen molar-refractivity contribution in [2.24, 2.45) is 0 Å². The summed E-state index contributed by atoms with van der Waals surface area (Å²) < 4.78 is 23.6. The van der Waals surface area contributed by atoms with E-state index in [2.05, 4.69) is 21.2 Å². The summed E-state index contributed by atoms with van der Waals surface area (Å²) >= 11 is 9.69. The van der Waals surface area contributed by atoms with Crippen LogP contribution in [0.15, 0.2) is 59.1 Å². The van der Waals surface area contributed by atoms with Gasteiger partial charge in [0.2, 0.25) is 0 Å². The summed E-state index contributed by atoms with van der Waals surface area (Å²) in [5, 5.41) is 4.10. The molecule has 4 rings (SSSR count). The van der Waals surface area contributed by atoms with Gasteiger partial charge in [0.25, 0.3) is 0 Å². The number of halogens is 2. The zero-order chi connectivity index (χ0) is 20.9. The molecular weight excluding hydrogens is 470 g/mol. The van der Waals surface area contributed by atoms with Gasteiger partial charge >= 0.3 is 0 Å². The minimum atomic E-state index is 0.401. The highest BCUT2D eigenvalue weighted by atomic mass is 79.9. The molecule has 1 heterocycles. The first-order chi connectivity index (χ1) is 14.6. The third-order valence-electron chi connectivity index (χ3n) is 4.64. The molecule has 0 amide bonds. The molecule has 1 N–H and O–H groups in total. The highest BCUT2D eigenvalue weighted by Gasteiger charge is 2.13. The molecular formula is C23H21BrClNO4. The molecule has 0 radical (unpaired) electrons. The first-order valence-electron chi connectivity index (χ1n) is 9.49. The molecule has 0 atom stereocenters. The van der Waals surface area contributed by atoms with Crippen molar-refractivity contribution in [3.63, 3.8) is 0 Å². The molecule has 1 aliphatic rings. The molecule has 0 aliphatic carbocycles. The topological polar surface area (TPSA) is 49.0 Å². The number of benzene rings is 3. The van der Waals surface area contributed by atoms with Crippen LogP contribution in [0.3, 0.4) is 0 Å². The zero-order valence-corrected chi connectivity index (χ0v) is 18.8. The first kappa shape index (κ1) is 20.7. The van der Waals surface area contributed by atoms with Crippen molar-refractivity contribution < 1.29 is 18.9 Å². The monoisotopic (exact) mass is 489 g/mol. The highest BCUT2D eigenvalue weighted by molar-refractivity contribution is 9.10. The van der Waals surface area contributed by atoms with Crippen LogP contribution in [0, 0.1) is 0 Å². The molecule has 0 aromatic heterocycles. The van der Waals surface area contributed by atoms with E-state index in [9.17, 15) is 0 Å². The molecule has 3 aromatic carbocycles. The number of ether oxygens (including phenoxy) is 4. The number of methoxy groups -OCH3 is 1. The SMILES string of the molecule is COc1cc(CNc2ccc3c(c2)OCCO3)c(Br)cc1OCc1cccc(Cl)c1. The van der Waals surface area contributed by atoms with Gasteiger partial charge in [0.15, 0.2) is 23.0 Å². The van der Waals surface area contributed by atoms with Crippen molar-refractivity contribution in [3.8, 4) is 23.0 Å². The lowest BCUT2D eigenvalue weighted by Crippen LogP contribution is -2.15. The number of fused-ring (bicyclic) bond motifs is 1. The van der Waals surface area contributed by atoms with Crippen LogP contribution in [0.25, 0.3) is 0 Å². The fraction of sp³-hybridized carbons (Fsp3) is 0.217. The van der Waals surface area contributed by atoms with E-state index in [-0.39, 0.29) is 0 Å². The van der Waals surface area contributed by atoms with E-state index >= 15 is 0 Å². The molecule has 0 unspecified atom stereocenters. The summed E-state index contributed by atoms with van der Waals surface area (Å²) in [6, 6.07) is 17.3. The molecule has 3 aromatic rings. The van der Waals surface area contributed by atoms with Gasteiger partial charge in [0.1, 0.15) is 19.8 Å². The van der Waals surface area contributed by atoms with Crippen LogP contribution >= 0.6 is 27.5 Å². The summed E-state index contributed by atoms with van der Waals surface area (Å²) in [5.41, 5.74) is 2.98. The maximum Gasteiger partial charge on any atom is 0.163 e. The van der Waals surface area contributed by atoms with Crippen LogP contribution in [0.1, 0.15) is 11.1 Å². The van der Waals surface area contributed by atoms with Gasteiger partial charge < -0.3 is 24.3 Å². The quantitative estimate of drug-likeness (QED) is 0.435. The van der Waals surface area contributed by atoms with E-state index in [0.717, 1.165) is 32.8 Å². The lowest BCUT2D eigenvalue weighted by atomic mass is 10.2. The van der Waals surface area contributed by atoms with Gasteiger partial charge in [-0.05, 0) is 47.5 Å². The minimum absolute atomic E-state index is 0.401. The van der Waals surface area contributed by atoms with Crippen LogP contribution in [0.4, 0.5) is 5.69 Å². The van der Waals surface area contributed by atoms with Crippen LogP contribution < -0.4 is 24.3 Å². The number of anilines is 1. The van der Waals surface area contributed by atoms with Crippen molar-refractivity contribution in [3.05, 3.63) is 75.2 Å². The fourth-order valence-corrected chi connectivity index (χ4v) is 3.80. The third-order valence-corrected chi connectivity index (χ3v) is 5.61. The summed E-state index contributed by atoms with van der Waals surface area (Å²) in [6.45, 7) is 2.15. The molecule has 0 bridgehead atoms. The highest BCUT2D eigenvalue weighted by Crippen LogP contribution is 2.36. The van der Waals surface area contributed by atoms with Gasteiger partial charge in [-0.25, -0.2) is 0 Å². The Kier molecular flexibility index (Phi) is 6.55. The molecule has 30 heavy (non-hydrogen) atoms. The predicted molar refractivity (Wildman–Crippen MR) is 121 cm³/mol. The van der Waals surface area contributed by atoms with Crippen molar-refractivity contribution in [2.75, 3.05) is 25.6 Å². The van der Waals surface area contributed by atoms with Gasteiger partial charge in [0.05, 0.1) is 7.11 Å². The Bertz CT molecular complexity index is 1040. The second-order valence-corrected chi connectivity index (χ2v) is 8.02. The van der Waals surface area contributed by atoms with Crippen molar-refractivity contribution in [1.29, 1.82) is 0 Å². The van der Waals surface area contributed by atoms with E-state index in [1.165, 1.54) is 0 Å². The van der Waals surface area contributed by atoms with E-state index in [4.69, 9.17) is 30.5 Å². The Morgan fingerprint density at radius 3 is 2.63 bits per heavy atom. The Morgan fingerprint density at radius 1 is 1.00 bits per heavy atom. The van der Waals surface area contributed by atoms with Crippen LogP contribution in [0.2, 0.25) is 5.02 Å². The fourth-order valence-electron chi connectivity index (χ4n) is 3.12. The summed E-state index contributed by atoms with van der Waals surface area (Å²) in [7, 11) is 1.63. The Balaban J connectivity index is 1.45. The number of rotatable bonds is 7. The molecule has 7 heteroatoms. The molecule has 5 nitrogen and oxygen atoms in total. The second-order valence-electron chi connectivity index (χ2n) is 6.73. The molecule has 1 aliphatic heterocycles. The van der Waals surface area contributed by atoms with E-state index in [1.807, 2.05) is 54.6 Å². The van der Waals surface area contributed by atoms with Gasteiger partial charge in [-0.3, -0.25) is 0 Å². The third kappa shape index (κ3) is 4.94. The van der Waals surface area contributed by atoms with Gasteiger partial charge in [0, 0.05) is 27.8 Å². The minimum Gasteiger partial charge on any atom is -0.493 e. The standard InChI is InChI=1S/C23H21BrClNO4/c1-27-21-10-16(13-26-18-5-6-20-22(11-18)29-8-7-28-20)19(24)12-23(21)30-14-15-3-2-4-17(25)9-15/h2-6,9-12,26H,7-8,13-14H2,1H3. The molecule has 0 saturated carbocycles. The van der Waals surface area contributed by atoms with Crippen LogP contribution in [0.5, 0.6) is 23.0 Å². The maximum absolute atomic E-state index is 6.05. The van der Waals surface area contributed by atoms with Crippen LogP contribution in [-0.4, -0.2) is 20.3 Å². The predicted octanol–water partition coefficient (Wildman–Crippen LogP) is 6.07. The summed E-state index contributed by atoms with van der Waals surface area (Å²) in [5.74, 6) is 2.86. The summed E-state index contributed by atoms with van der Waals surface area (Å²) in [4.78, 5) is 0. The first-order valence-corrected chi connectivity index (χ1v) is 10.7. The van der Waals surface area contributed by atoms with Crippen LogP contribution in [-0.2, 0) is 13.2 Å². The molecule has 0 fully saturated rings. The van der Waals surface area contributed by atoms with Crippen molar-refractivity contribution in [2.45, 2.75) is 13.2 Å². The van der Waals surface area contributed by atoms with Crippen molar-refractivity contribution in [1.82, 2.24) is 0 Å². The normalized spacial score (nSPS) is 12.4. The Morgan fingerprint density at radius 2 is 1.83 bits per heavy atom. The second kappa shape index (κ2) is 9.49. The molecule has 0 spiro atoms. The average molecular weight is 491 g/mol.